The maximum atomic E-state index is 11.5. The van der Waals surface area contributed by atoms with Crippen LogP contribution in [0, 0.1) is 6.92 Å². The number of hydrogen-bond donors (Lipinski definition) is 1. The summed E-state index contributed by atoms with van der Waals surface area (Å²) in [6.07, 6.45) is 0. The molecule has 0 aliphatic rings. The Labute approximate surface area is 115 Å². The Hall–Kier alpha value is -1.55. The van der Waals surface area contributed by atoms with Crippen LogP contribution in [0.4, 0.5) is 0 Å². The highest BCUT2D eigenvalue weighted by molar-refractivity contribution is 5.77. The lowest BCUT2D eigenvalue weighted by Gasteiger charge is -2.16. The monoisotopic (exact) mass is 264 g/mol. The van der Waals surface area contributed by atoms with Crippen LogP contribution >= 0.6 is 0 Å². The zero-order valence-corrected chi connectivity index (χ0v) is 12.5. The third-order valence-electron chi connectivity index (χ3n) is 2.77. The van der Waals surface area contributed by atoms with Crippen molar-refractivity contribution in [3.63, 3.8) is 0 Å². The second-order valence-electron chi connectivity index (χ2n) is 5.22. The molecule has 0 aliphatic carbocycles. The molecule has 0 bridgehead atoms. The molecule has 0 saturated carbocycles. The molecular weight excluding hydrogens is 240 g/mol. The summed E-state index contributed by atoms with van der Waals surface area (Å²) in [5.41, 5.74) is 2.27. The largest absolute Gasteiger partial charge is 0.483 e. The van der Waals surface area contributed by atoms with E-state index in [1.165, 1.54) is 10.5 Å². The van der Waals surface area contributed by atoms with Gasteiger partial charge in [-0.3, -0.25) is 4.79 Å². The first-order valence-corrected chi connectivity index (χ1v) is 6.56. The number of carbonyl (C=O) groups excluding carboxylic acids is 1. The molecule has 0 radical (unpaired) electrons. The molecule has 0 atom stereocenters. The van der Waals surface area contributed by atoms with Crippen molar-refractivity contribution in [3.8, 4) is 5.75 Å². The van der Waals surface area contributed by atoms with Crippen LogP contribution in [0.5, 0.6) is 5.75 Å². The van der Waals surface area contributed by atoms with Crippen LogP contribution in [0.15, 0.2) is 18.2 Å². The van der Waals surface area contributed by atoms with E-state index in [1.54, 1.807) is 14.1 Å². The Morgan fingerprint density at radius 2 is 2.05 bits per heavy atom. The normalized spacial score (nSPS) is 10.6. The van der Waals surface area contributed by atoms with E-state index in [2.05, 4.69) is 25.2 Å². The second kappa shape index (κ2) is 7.14. The third-order valence-corrected chi connectivity index (χ3v) is 2.77. The number of hydrogen-bond acceptors (Lipinski definition) is 3. The SMILES string of the molecule is Cc1ccc(OCC(=O)N(C)C)c(CNC(C)C)c1. The molecular formula is C15H24N2O2. The molecule has 4 heteroatoms. The first-order chi connectivity index (χ1) is 8.90. The second-order valence-corrected chi connectivity index (χ2v) is 5.22. The summed E-state index contributed by atoms with van der Waals surface area (Å²) in [4.78, 5) is 13.1. The smallest absolute Gasteiger partial charge is 0.259 e. The number of likely N-dealkylation sites (N-methyl/N-ethyl adjacent to an activating group) is 1. The predicted octanol–water partition coefficient (Wildman–Crippen LogP) is 1.96. The lowest BCUT2D eigenvalue weighted by atomic mass is 10.1. The summed E-state index contributed by atoms with van der Waals surface area (Å²) in [5, 5.41) is 3.36. The number of nitrogens with one attached hydrogen (secondary N) is 1. The molecule has 0 unspecified atom stereocenters. The highest BCUT2D eigenvalue weighted by atomic mass is 16.5. The van der Waals surface area contributed by atoms with Gasteiger partial charge in [-0.05, 0) is 13.0 Å². The molecule has 0 aromatic heterocycles. The maximum absolute atomic E-state index is 11.5. The summed E-state index contributed by atoms with van der Waals surface area (Å²) in [6.45, 7) is 7.07. The number of ether oxygens (including phenoxy) is 1. The van der Waals surface area contributed by atoms with Gasteiger partial charge >= 0.3 is 0 Å². The Morgan fingerprint density at radius 1 is 1.37 bits per heavy atom. The van der Waals surface area contributed by atoms with Crippen LogP contribution < -0.4 is 10.1 Å². The van der Waals surface area contributed by atoms with Crippen molar-refractivity contribution in [2.24, 2.45) is 0 Å². The van der Waals surface area contributed by atoms with E-state index >= 15 is 0 Å². The minimum atomic E-state index is -0.0386. The number of aryl methyl sites for hydroxylation is 1. The van der Waals surface area contributed by atoms with Crippen LogP contribution in [0.1, 0.15) is 25.0 Å². The zero-order chi connectivity index (χ0) is 14.4. The lowest BCUT2D eigenvalue weighted by Crippen LogP contribution is -2.28. The van der Waals surface area contributed by atoms with E-state index in [9.17, 15) is 4.79 Å². The Balaban J connectivity index is 2.73. The van der Waals surface area contributed by atoms with Crippen LogP contribution in [0.3, 0.4) is 0 Å². The van der Waals surface area contributed by atoms with Gasteiger partial charge in [0.05, 0.1) is 0 Å². The average molecular weight is 264 g/mol. The average Bonchev–Trinajstić information content (AvgIpc) is 2.34. The van der Waals surface area contributed by atoms with Gasteiger partial charge in [-0.15, -0.1) is 0 Å². The third kappa shape index (κ3) is 5.30. The topological polar surface area (TPSA) is 41.6 Å². The van der Waals surface area contributed by atoms with Gasteiger partial charge in [0.2, 0.25) is 0 Å². The van der Waals surface area contributed by atoms with Gasteiger partial charge in [-0.1, -0.05) is 31.5 Å². The Bertz CT molecular complexity index is 428. The molecule has 0 fully saturated rings. The minimum Gasteiger partial charge on any atom is -0.483 e. The first kappa shape index (κ1) is 15.5. The molecule has 1 aromatic carbocycles. The molecule has 1 rings (SSSR count). The summed E-state index contributed by atoms with van der Waals surface area (Å²) in [6, 6.07) is 6.42. The molecule has 1 amide bonds. The molecule has 106 valence electrons. The summed E-state index contributed by atoms with van der Waals surface area (Å²) >= 11 is 0. The Morgan fingerprint density at radius 3 is 2.63 bits per heavy atom. The number of rotatable bonds is 6. The fourth-order valence-corrected chi connectivity index (χ4v) is 1.57. The predicted molar refractivity (Wildman–Crippen MR) is 77.3 cm³/mol. The van der Waals surface area contributed by atoms with Crippen molar-refractivity contribution in [1.29, 1.82) is 0 Å². The molecule has 1 N–H and O–H groups in total. The van der Waals surface area contributed by atoms with Crippen molar-refractivity contribution in [3.05, 3.63) is 29.3 Å². The first-order valence-electron chi connectivity index (χ1n) is 6.56. The van der Waals surface area contributed by atoms with Crippen molar-refractivity contribution >= 4 is 5.91 Å². The molecule has 19 heavy (non-hydrogen) atoms. The van der Waals surface area contributed by atoms with Gasteiger partial charge in [0.1, 0.15) is 5.75 Å². The van der Waals surface area contributed by atoms with E-state index in [0.29, 0.717) is 6.04 Å². The van der Waals surface area contributed by atoms with Crippen molar-refractivity contribution in [2.45, 2.75) is 33.4 Å². The minimum absolute atomic E-state index is 0.0386. The Kier molecular flexibility index (Phi) is 5.83. The summed E-state index contributed by atoms with van der Waals surface area (Å²) in [5.74, 6) is 0.734. The van der Waals surface area contributed by atoms with E-state index < -0.39 is 0 Å². The molecule has 1 aromatic rings. The fourth-order valence-electron chi connectivity index (χ4n) is 1.57. The number of carbonyl (C=O) groups is 1. The maximum Gasteiger partial charge on any atom is 0.259 e. The molecule has 0 aliphatic heterocycles. The highest BCUT2D eigenvalue weighted by Gasteiger charge is 2.09. The number of nitrogens with zero attached hydrogens (tertiary/aromatic N) is 1. The zero-order valence-electron chi connectivity index (χ0n) is 12.5. The van der Waals surface area contributed by atoms with Gasteiger partial charge in [0.25, 0.3) is 5.91 Å². The van der Waals surface area contributed by atoms with Gasteiger partial charge in [0.15, 0.2) is 6.61 Å². The van der Waals surface area contributed by atoms with Crippen LogP contribution in [-0.2, 0) is 11.3 Å². The standard InChI is InChI=1S/C15H24N2O2/c1-11(2)16-9-13-8-12(3)6-7-14(13)19-10-15(18)17(4)5/h6-8,11,16H,9-10H2,1-5H3. The lowest BCUT2D eigenvalue weighted by molar-refractivity contribution is -0.130. The van der Waals surface area contributed by atoms with E-state index in [4.69, 9.17) is 4.74 Å². The van der Waals surface area contributed by atoms with E-state index in [-0.39, 0.29) is 12.5 Å². The van der Waals surface area contributed by atoms with E-state index in [1.807, 2.05) is 19.1 Å². The summed E-state index contributed by atoms with van der Waals surface area (Å²) < 4.78 is 5.62. The number of amides is 1. The molecule has 0 spiro atoms. The van der Waals surface area contributed by atoms with Crippen molar-refractivity contribution in [2.75, 3.05) is 20.7 Å². The van der Waals surface area contributed by atoms with E-state index in [0.717, 1.165) is 17.9 Å². The van der Waals surface area contributed by atoms with Gasteiger partial charge < -0.3 is 15.0 Å². The van der Waals surface area contributed by atoms with Crippen molar-refractivity contribution < 1.29 is 9.53 Å². The quantitative estimate of drug-likeness (QED) is 0.854. The number of benzene rings is 1. The van der Waals surface area contributed by atoms with Gasteiger partial charge in [-0.25, -0.2) is 0 Å². The van der Waals surface area contributed by atoms with Gasteiger partial charge in [-0.2, -0.15) is 0 Å². The molecule has 4 nitrogen and oxygen atoms in total. The molecule has 0 heterocycles. The fraction of sp³-hybridized carbons (Fsp3) is 0.533. The van der Waals surface area contributed by atoms with Gasteiger partial charge in [0, 0.05) is 32.2 Å². The van der Waals surface area contributed by atoms with Crippen LogP contribution in [0.2, 0.25) is 0 Å². The summed E-state index contributed by atoms with van der Waals surface area (Å²) in [7, 11) is 3.45. The van der Waals surface area contributed by atoms with Crippen LogP contribution in [-0.4, -0.2) is 37.6 Å². The highest BCUT2D eigenvalue weighted by Crippen LogP contribution is 2.20. The van der Waals surface area contributed by atoms with Crippen LogP contribution in [0.25, 0.3) is 0 Å². The molecule has 0 saturated heterocycles. The van der Waals surface area contributed by atoms with Crippen molar-refractivity contribution in [1.82, 2.24) is 10.2 Å².